The van der Waals surface area contributed by atoms with Gasteiger partial charge >= 0.3 is 0 Å². The highest BCUT2D eigenvalue weighted by Gasteiger charge is 2.19. The second-order valence-corrected chi connectivity index (χ2v) is 7.51. The summed E-state index contributed by atoms with van der Waals surface area (Å²) in [7, 11) is 0. The molecule has 0 aliphatic rings. The molecule has 0 saturated heterocycles. The Morgan fingerprint density at radius 3 is 2.48 bits per heavy atom. The van der Waals surface area contributed by atoms with Crippen LogP contribution in [0.25, 0.3) is 16.6 Å². The van der Waals surface area contributed by atoms with E-state index in [2.05, 4.69) is 42.6 Å². The van der Waals surface area contributed by atoms with Crippen LogP contribution in [0.4, 0.5) is 0 Å². The molecule has 29 heavy (non-hydrogen) atoms. The van der Waals surface area contributed by atoms with Crippen molar-refractivity contribution in [2.75, 3.05) is 0 Å². The van der Waals surface area contributed by atoms with E-state index in [0.29, 0.717) is 11.9 Å². The minimum Gasteiger partial charge on any atom is -0.303 e. The molecular formula is C25H25N3O. The second-order valence-electron chi connectivity index (χ2n) is 7.51. The maximum absolute atomic E-state index is 13.5. The van der Waals surface area contributed by atoms with Crippen molar-refractivity contribution < 1.29 is 0 Å². The summed E-state index contributed by atoms with van der Waals surface area (Å²) in [4.78, 5) is 18.4. The smallest absolute Gasteiger partial charge is 0.266 e. The lowest BCUT2D eigenvalue weighted by molar-refractivity contribution is 0.532. The highest BCUT2D eigenvalue weighted by molar-refractivity contribution is 5.78. The number of benzene rings is 3. The number of hydrogen-bond donors (Lipinski definition) is 1. The van der Waals surface area contributed by atoms with E-state index in [9.17, 15) is 4.79 Å². The number of nitrogens with one attached hydrogen (secondary N) is 1. The Morgan fingerprint density at radius 2 is 1.69 bits per heavy atom. The molecule has 4 heteroatoms. The van der Waals surface area contributed by atoms with Crippen LogP contribution in [0.3, 0.4) is 0 Å². The minimum absolute atomic E-state index is 0.0346. The Labute approximate surface area is 170 Å². The zero-order valence-corrected chi connectivity index (χ0v) is 17.0. The van der Waals surface area contributed by atoms with Crippen LogP contribution in [-0.4, -0.2) is 9.55 Å². The topological polar surface area (TPSA) is 46.9 Å². The van der Waals surface area contributed by atoms with E-state index < -0.39 is 0 Å². The monoisotopic (exact) mass is 383 g/mol. The molecule has 0 unspecified atom stereocenters. The molecule has 4 nitrogen and oxygen atoms in total. The summed E-state index contributed by atoms with van der Waals surface area (Å²) in [5.74, 6) is 0.721. The fourth-order valence-corrected chi connectivity index (χ4v) is 3.59. The third-order valence-corrected chi connectivity index (χ3v) is 5.25. The van der Waals surface area contributed by atoms with Crippen LogP contribution in [0.2, 0.25) is 0 Å². The van der Waals surface area contributed by atoms with E-state index in [0.717, 1.165) is 28.2 Å². The van der Waals surface area contributed by atoms with Crippen molar-refractivity contribution in [3.8, 4) is 5.69 Å². The largest absolute Gasteiger partial charge is 0.303 e. The molecule has 0 saturated carbocycles. The Hall–Kier alpha value is -3.24. The van der Waals surface area contributed by atoms with Crippen molar-refractivity contribution in [1.82, 2.24) is 14.9 Å². The van der Waals surface area contributed by atoms with Crippen LogP contribution in [0.5, 0.6) is 0 Å². The molecule has 0 radical (unpaired) electrons. The van der Waals surface area contributed by atoms with Gasteiger partial charge in [0, 0.05) is 6.54 Å². The molecular weight excluding hydrogens is 358 g/mol. The van der Waals surface area contributed by atoms with Gasteiger partial charge in [0.1, 0.15) is 5.82 Å². The lowest BCUT2D eigenvalue weighted by atomic mass is 10.1. The van der Waals surface area contributed by atoms with Gasteiger partial charge in [0.05, 0.1) is 22.6 Å². The van der Waals surface area contributed by atoms with Crippen LogP contribution < -0.4 is 10.9 Å². The van der Waals surface area contributed by atoms with Crippen molar-refractivity contribution >= 4 is 10.9 Å². The Balaban J connectivity index is 1.85. The molecule has 0 bridgehead atoms. The maximum Gasteiger partial charge on any atom is 0.266 e. The summed E-state index contributed by atoms with van der Waals surface area (Å²) < 4.78 is 1.77. The summed E-state index contributed by atoms with van der Waals surface area (Å²) in [5.41, 5.74) is 4.93. The van der Waals surface area contributed by atoms with Gasteiger partial charge in [0.15, 0.2) is 0 Å². The predicted octanol–water partition coefficient (Wildman–Crippen LogP) is 4.85. The Morgan fingerprint density at radius 1 is 0.966 bits per heavy atom. The number of nitrogens with zero attached hydrogens (tertiary/aromatic N) is 2. The molecule has 0 aliphatic heterocycles. The standard InChI is InChI=1S/C25H25N3O/c1-17-13-14-18(2)23(15-17)28-24(19(3)26-16-20-9-5-4-6-10-20)27-22-12-8-7-11-21(22)25(28)29/h4-15,19,26H,16H2,1-3H3/t19-/m0/s1. The Bertz CT molecular complexity index is 1210. The molecule has 4 aromatic rings. The number of aryl methyl sites for hydroxylation is 2. The van der Waals surface area contributed by atoms with Gasteiger partial charge in [-0.2, -0.15) is 0 Å². The van der Waals surface area contributed by atoms with Crippen molar-refractivity contribution in [2.45, 2.75) is 33.4 Å². The molecule has 1 aromatic heterocycles. The summed E-state index contributed by atoms with van der Waals surface area (Å²) >= 11 is 0. The second kappa shape index (κ2) is 8.02. The van der Waals surface area contributed by atoms with Gasteiger partial charge in [-0.05, 0) is 55.7 Å². The number of fused-ring (bicyclic) bond motifs is 1. The lowest BCUT2D eigenvalue weighted by Gasteiger charge is -2.21. The molecule has 1 N–H and O–H groups in total. The van der Waals surface area contributed by atoms with Crippen LogP contribution in [0.15, 0.2) is 77.6 Å². The molecule has 146 valence electrons. The van der Waals surface area contributed by atoms with Gasteiger partial charge in [-0.3, -0.25) is 9.36 Å². The Kier molecular flexibility index (Phi) is 5.28. The van der Waals surface area contributed by atoms with E-state index in [1.807, 2.05) is 56.3 Å². The lowest BCUT2D eigenvalue weighted by Crippen LogP contribution is -2.30. The summed E-state index contributed by atoms with van der Waals surface area (Å²) in [6, 6.07) is 23.9. The predicted molar refractivity (Wildman–Crippen MR) is 119 cm³/mol. The molecule has 0 fully saturated rings. The van der Waals surface area contributed by atoms with Gasteiger partial charge in [-0.1, -0.05) is 54.6 Å². The van der Waals surface area contributed by atoms with Gasteiger partial charge < -0.3 is 5.32 Å². The van der Waals surface area contributed by atoms with Gasteiger partial charge in [0.2, 0.25) is 0 Å². The van der Waals surface area contributed by atoms with Crippen LogP contribution >= 0.6 is 0 Å². The zero-order chi connectivity index (χ0) is 20.4. The van der Waals surface area contributed by atoms with E-state index >= 15 is 0 Å². The first-order valence-electron chi connectivity index (χ1n) is 9.91. The van der Waals surface area contributed by atoms with E-state index in [-0.39, 0.29) is 11.6 Å². The molecule has 3 aromatic carbocycles. The van der Waals surface area contributed by atoms with Crippen molar-refractivity contribution in [1.29, 1.82) is 0 Å². The molecule has 1 heterocycles. The first kappa shape index (κ1) is 19.1. The quantitative estimate of drug-likeness (QED) is 0.536. The zero-order valence-electron chi connectivity index (χ0n) is 17.0. The fourth-order valence-electron chi connectivity index (χ4n) is 3.59. The maximum atomic E-state index is 13.5. The fraction of sp³-hybridized carbons (Fsp3) is 0.200. The van der Waals surface area contributed by atoms with E-state index in [4.69, 9.17) is 4.98 Å². The van der Waals surface area contributed by atoms with Crippen molar-refractivity contribution in [3.63, 3.8) is 0 Å². The normalized spacial score (nSPS) is 12.2. The van der Waals surface area contributed by atoms with Gasteiger partial charge in [0.25, 0.3) is 5.56 Å². The minimum atomic E-state index is -0.104. The number of hydrogen-bond acceptors (Lipinski definition) is 3. The highest BCUT2D eigenvalue weighted by Crippen LogP contribution is 2.21. The van der Waals surface area contributed by atoms with Gasteiger partial charge in [-0.15, -0.1) is 0 Å². The molecule has 0 spiro atoms. The first-order valence-corrected chi connectivity index (χ1v) is 9.91. The number of para-hydroxylation sites is 1. The summed E-state index contributed by atoms with van der Waals surface area (Å²) in [6.07, 6.45) is 0. The van der Waals surface area contributed by atoms with Crippen LogP contribution in [-0.2, 0) is 6.54 Å². The molecule has 0 amide bonds. The third-order valence-electron chi connectivity index (χ3n) is 5.25. The molecule has 1 atom stereocenters. The van der Waals surface area contributed by atoms with Crippen LogP contribution in [0, 0.1) is 13.8 Å². The van der Waals surface area contributed by atoms with Crippen molar-refractivity contribution in [3.05, 3.63) is 106 Å². The first-order chi connectivity index (χ1) is 14.0. The number of rotatable bonds is 5. The van der Waals surface area contributed by atoms with Gasteiger partial charge in [-0.25, -0.2) is 4.98 Å². The third kappa shape index (κ3) is 3.84. The average Bonchev–Trinajstić information content (AvgIpc) is 2.74. The summed E-state index contributed by atoms with van der Waals surface area (Å²) in [6.45, 7) is 6.83. The molecule has 0 aliphatic carbocycles. The van der Waals surface area contributed by atoms with Crippen molar-refractivity contribution in [2.24, 2.45) is 0 Å². The summed E-state index contributed by atoms with van der Waals surface area (Å²) in [5, 5.41) is 4.16. The highest BCUT2D eigenvalue weighted by atomic mass is 16.1. The average molecular weight is 383 g/mol. The van der Waals surface area contributed by atoms with E-state index in [1.54, 1.807) is 4.57 Å². The SMILES string of the molecule is Cc1ccc(C)c(-n2c([C@H](C)NCc3ccccc3)nc3ccccc3c2=O)c1. The van der Waals surface area contributed by atoms with E-state index in [1.165, 1.54) is 5.56 Å². The van der Waals surface area contributed by atoms with Crippen LogP contribution in [0.1, 0.15) is 35.5 Å². The molecule has 4 rings (SSSR count). The number of aromatic nitrogens is 2.